The van der Waals surface area contributed by atoms with E-state index < -0.39 is 30.2 Å². The first-order valence-electron chi connectivity index (χ1n) is 19.2. The number of hydrogen-bond donors (Lipinski definition) is 0. The minimum Gasteiger partial charge on any atom is -0.456 e. The molecule has 3 aromatic heterocycles. The number of benzene rings is 6. The van der Waals surface area contributed by atoms with E-state index in [1.807, 2.05) is 6.07 Å². The van der Waals surface area contributed by atoms with Crippen LogP contribution in [0.3, 0.4) is 0 Å². The Hall–Kier alpha value is -6.07. The Labute approximate surface area is 268 Å². The van der Waals surface area contributed by atoms with Gasteiger partial charge in [-0.1, -0.05) is 109 Å². The molecule has 5 heteroatoms. The maximum atomic E-state index is 8.88. The van der Waals surface area contributed by atoms with Gasteiger partial charge >= 0.3 is 0 Å². The molecule has 0 aliphatic heterocycles. The van der Waals surface area contributed by atoms with Crippen LogP contribution in [0.15, 0.2) is 150 Å². The molecular weight excluding hydrogens is 540 g/mol. The summed E-state index contributed by atoms with van der Waals surface area (Å²) < 4.78 is 102. The van der Waals surface area contributed by atoms with Crippen molar-refractivity contribution in [1.29, 1.82) is 0 Å². The number of rotatable bonds is 4. The van der Waals surface area contributed by atoms with Gasteiger partial charge in [0.1, 0.15) is 11.2 Å². The maximum Gasteiger partial charge on any atom is 0.164 e. The lowest BCUT2D eigenvalue weighted by atomic mass is 10.0. The molecule has 3 heterocycles. The molecule has 0 amide bonds. The van der Waals surface area contributed by atoms with Crippen LogP contribution in [0.4, 0.5) is 0 Å². The summed E-state index contributed by atoms with van der Waals surface area (Å²) in [4.78, 5) is 14.1. The summed E-state index contributed by atoms with van der Waals surface area (Å²) in [7, 11) is 0. The number of para-hydroxylation sites is 2. The molecular formula is C39H24N4O. The molecule has 0 saturated carbocycles. The third kappa shape index (κ3) is 3.83. The van der Waals surface area contributed by atoms with Gasteiger partial charge in [-0.05, 0) is 36.4 Å². The van der Waals surface area contributed by atoms with Gasteiger partial charge in [0.15, 0.2) is 17.5 Å². The molecule has 0 spiro atoms. The topological polar surface area (TPSA) is 56.7 Å². The summed E-state index contributed by atoms with van der Waals surface area (Å²) in [5.41, 5.74) is 2.71. The SMILES string of the molecule is [2H]c1cc([2H])c2c(c1[2H])c1c([2H])c([2H])cc([2H])c1n2-c1ccc2oc3cccc(-c4nc(-c5ccccc5)nc(-c5c([2H])c([2H])c([2H])c([2H])c5[2H])n4)c3c2c1. The van der Waals surface area contributed by atoms with Crippen molar-refractivity contribution < 1.29 is 19.5 Å². The maximum absolute atomic E-state index is 8.88. The zero-order valence-electron chi connectivity index (χ0n) is 33.7. The standard InChI is InChI=1S/C39H24N4O/c1-3-12-25(13-4-1)37-40-38(26-14-5-2-6-15-26)42-39(41-37)30-18-11-21-35-36(30)31-24-27(22-23-34(31)44-35)43-32-19-9-7-16-28(32)29-17-8-10-20-33(29)43/h1-24H/i1D,3D,4D,7D,8D,12D,13D,16D,17D,19D,20D. The smallest absolute Gasteiger partial charge is 0.164 e. The molecule has 5 nitrogen and oxygen atoms in total. The lowest BCUT2D eigenvalue weighted by Gasteiger charge is -2.10. The fourth-order valence-corrected chi connectivity index (χ4v) is 5.60. The van der Waals surface area contributed by atoms with Crippen LogP contribution in [0.25, 0.3) is 83.6 Å². The van der Waals surface area contributed by atoms with Crippen molar-refractivity contribution in [3.8, 4) is 39.9 Å². The minimum absolute atomic E-state index is 0.0887. The molecule has 0 unspecified atom stereocenters. The molecule has 0 bridgehead atoms. The van der Waals surface area contributed by atoms with Crippen molar-refractivity contribution in [1.82, 2.24) is 19.5 Å². The highest BCUT2D eigenvalue weighted by atomic mass is 16.3. The largest absolute Gasteiger partial charge is 0.456 e. The number of aromatic nitrogens is 4. The van der Waals surface area contributed by atoms with Gasteiger partial charge in [-0.3, -0.25) is 0 Å². The van der Waals surface area contributed by atoms with E-state index in [1.165, 1.54) is 12.1 Å². The summed E-state index contributed by atoms with van der Waals surface area (Å²) in [6.07, 6.45) is 0. The van der Waals surface area contributed by atoms with Gasteiger partial charge in [0.05, 0.1) is 26.1 Å². The normalized spacial score (nSPS) is 15.1. The second-order valence-corrected chi connectivity index (χ2v) is 10.0. The lowest BCUT2D eigenvalue weighted by Crippen LogP contribution is -2.00. The van der Waals surface area contributed by atoms with E-state index in [0.717, 1.165) is 0 Å². The number of hydrogen-bond acceptors (Lipinski definition) is 4. The first kappa shape index (κ1) is 16.0. The highest BCUT2D eigenvalue weighted by Crippen LogP contribution is 2.39. The van der Waals surface area contributed by atoms with Gasteiger partial charge < -0.3 is 8.98 Å². The molecule has 0 aliphatic carbocycles. The van der Waals surface area contributed by atoms with Gasteiger partial charge in [-0.2, -0.15) is 0 Å². The Morgan fingerprint density at radius 2 is 1.23 bits per heavy atom. The van der Waals surface area contributed by atoms with Crippen LogP contribution < -0.4 is 0 Å². The highest BCUT2D eigenvalue weighted by molar-refractivity contribution is 6.13. The van der Waals surface area contributed by atoms with Crippen LogP contribution >= 0.6 is 0 Å². The van der Waals surface area contributed by atoms with Gasteiger partial charge in [0, 0.05) is 43.9 Å². The monoisotopic (exact) mass is 575 g/mol. The molecule has 0 N–H and O–H groups in total. The lowest BCUT2D eigenvalue weighted by molar-refractivity contribution is 0.669. The van der Waals surface area contributed by atoms with Crippen molar-refractivity contribution in [2.75, 3.05) is 0 Å². The molecule has 0 radical (unpaired) electrons. The van der Waals surface area contributed by atoms with Crippen LogP contribution in [-0.4, -0.2) is 19.5 Å². The second kappa shape index (κ2) is 9.75. The molecule has 0 aliphatic rings. The van der Waals surface area contributed by atoms with E-state index in [1.54, 1.807) is 65.2 Å². The highest BCUT2D eigenvalue weighted by Gasteiger charge is 2.19. The van der Waals surface area contributed by atoms with Gasteiger partial charge in [0.25, 0.3) is 0 Å². The van der Waals surface area contributed by atoms with Crippen LogP contribution in [-0.2, 0) is 0 Å². The summed E-state index contributed by atoms with van der Waals surface area (Å²) >= 11 is 0. The Balaban J connectivity index is 1.35. The Bertz CT molecular complexity index is 3030. The first-order chi connectivity index (χ1) is 26.3. The van der Waals surface area contributed by atoms with Crippen molar-refractivity contribution >= 4 is 43.7 Å². The molecule has 206 valence electrons. The molecule has 0 saturated heterocycles. The zero-order chi connectivity index (χ0) is 38.6. The molecule has 9 aromatic rings. The number of fused-ring (bicyclic) bond motifs is 6. The Morgan fingerprint density at radius 1 is 0.523 bits per heavy atom. The average Bonchev–Trinajstić information content (AvgIpc) is 3.75. The second-order valence-electron chi connectivity index (χ2n) is 10.0. The van der Waals surface area contributed by atoms with Crippen molar-refractivity contribution in [3.63, 3.8) is 0 Å². The fraction of sp³-hybridized carbons (Fsp3) is 0. The minimum atomic E-state index is -0.543. The summed E-state index contributed by atoms with van der Waals surface area (Å²) in [5.74, 6) is 0.216. The predicted octanol–water partition coefficient (Wildman–Crippen LogP) is 9.87. The quantitative estimate of drug-likeness (QED) is 0.210. The average molecular weight is 576 g/mol. The molecule has 6 aromatic carbocycles. The van der Waals surface area contributed by atoms with Crippen LogP contribution in [0.1, 0.15) is 15.1 Å². The number of furan rings is 1. The predicted molar refractivity (Wildman–Crippen MR) is 178 cm³/mol. The van der Waals surface area contributed by atoms with Crippen molar-refractivity contribution in [3.05, 3.63) is 145 Å². The van der Waals surface area contributed by atoms with E-state index in [-0.39, 0.29) is 81.1 Å². The van der Waals surface area contributed by atoms with Crippen molar-refractivity contribution in [2.24, 2.45) is 0 Å². The molecule has 9 rings (SSSR count). The Kier molecular flexibility index (Phi) is 3.54. The summed E-state index contributed by atoms with van der Waals surface area (Å²) in [5, 5.41) is 1.42. The van der Waals surface area contributed by atoms with Crippen molar-refractivity contribution in [2.45, 2.75) is 0 Å². The first-order valence-corrected chi connectivity index (χ1v) is 13.7. The van der Waals surface area contributed by atoms with E-state index in [9.17, 15) is 0 Å². The van der Waals surface area contributed by atoms with Crippen LogP contribution in [0.2, 0.25) is 0 Å². The zero-order valence-corrected chi connectivity index (χ0v) is 22.7. The van der Waals surface area contributed by atoms with E-state index in [2.05, 4.69) is 4.98 Å². The van der Waals surface area contributed by atoms with Crippen LogP contribution in [0, 0.1) is 0 Å². The summed E-state index contributed by atoms with van der Waals surface area (Å²) in [6.45, 7) is 0. The van der Waals surface area contributed by atoms with Gasteiger partial charge in [-0.15, -0.1) is 0 Å². The van der Waals surface area contributed by atoms with E-state index in [0.29, 0.717) is 38.8 Å². The molecule has 44 heavy (non-hydrogen) atoms. The van der Waals surface area contributed by atoms with E-state index >= 15 is 0 Å². The Morgan fingerprint density at radius 3 is 1.98 bits per heavy atom. The molecule has 0 fully saturated rings. The third-order valence-corrected chi connectivity index (χ3v) is 7.50. The summed E-state index contributed by atoms with van der Waals surface area (Å²) in [6, 6.07) is 18.5. The van der Waals surface area contributed by atoms with Gasteiger partial charge in [-0.25, -0.2) is 15.0 Å². The van der Waals surface area contributed by atoms with Crippen LogP contribution in [0.5, 0.6) is 0 Å². The third-order valence-electron chi connectivity index (χ3n) is 7.50. The fourth-order valence-electron chi connectivity index (χ4n) is 5.60. The number of nitrogens with zero attached hydrogens (tertiary/aromatic N) is 4. The molecule has 0 atom stereocenters. The van der Waals surface area contributed by atoms with E-state index in [4.69, 9.17) is 29.5 Å². The van der Waals surface area contributed by atoms with Gasteiger partial charge in [0.2, 0.25) is 0 Å².